The van der Waals surface area contributed by atoms with Crippen molar-refractivity contribution < 1.29 is 9.53 Å². The van der Waals surface area contributed by atoms with Crippen LogP contribution < -0.4 is 0 Å². The second kappa shape index (κ2) is 5.05. The van der Waals surface area contributed by atoms with Gasteiger partial charge in [0.1, 0.15) is 5.82 Å². The average Bonchev–Trinajstić information content (AvgIpc) is 2.99. The molecule has 6 nitrogen and oxygen atoms in total. The lowest BCUT2D eigenvalue weighted by molar-refractivity contribution is -0.146. The number of carbonyl (C=O) groups excluding carboxylic acids is 1. The van der Waals surface area contributed by atoms with E-state index in [1.54, 1.807) is 0 Å². The Bertz CT molecular complexity index is 661. The summed E-state index contributed by atoms with van der Waals surface area (Å²) in [5, 5.41) is 8.51. The lowest BCUT2D eigenvalue weighted by Crippen LogP contribution is -2.27. The second-order valence-corrected chi connectivity index (χ2v) is 5.87. The van der Waals surface area contributed by atoms with Crippen molar-refractivity contribution in [2.45, 2.75) is 19.4 Å². The van der Waals surface area contributed by atoms with Crippen LogP contribution in [0.2, 0.25) is 0 Å². The van der Waals surface area contributed by atoms with Crippen LogP contribution in [0.25, 0.3) is 11.5 Å². The van der Waals surface area contributed by atoms with Crippen LogP contribution >= 0.6 is 15.9 Å². The molecule has 0 saturated heterocycles. The van der Waals surface area contributed by atoms with Crippen LogP contribution in [0, 0.1) is 5.92 Å². The molecular weight excluding hydrogens is 324 g/mol. The van der Waals surface area contributed by atoms with Crippen LogP contribution in [0.5, 0.6) is 0 Å². The Morgan fingerprint density at radius 3 is 2.95 bits per heavy atom. The van der Waals surface area contributed by atoms with Crippen molar-refractivity contribution in [3.05, 3.63) is 22.6 Å². The smallest absolute Gasteiger partial charge is 0.309 e. The number of esters is 1. The molecule has 0 aliphatic carbocycles. The maximum absolute atomic E-state index is 11.6. The molecule has 1 aliphatic rings. The molecule has 3 heterocycles. The van der Waals surface area contributed by atoms with Crippen molar-refractivity contribution in [3.8, 4) is 11.5 Å². The highest BCUT2D eigenvalue weighted by molar-refractivity contribution is 9.10. The zero-order valence-electron chi connectivity index (χ0n) is 11.3. The lowest BCUT2D eigenvalue weighted by Gasteiger charge is -2.21. The van der Waals surface area contributed by atoms with Crippen LogP contribution in [0.1, 0.15) is 12.2 Å². The minimum atomic E-state index is -0.164. The van der Waals surface area contributed by atoms with Crippen molar-refractivity contribution in [2.75, 3.05) is 7.11 Å². The van der Waals surface area contributed by atoms with Crippen molar-refractivity contribution in [1.29, 1.82) is 0 Å². The Morgan fingerprint density at radius 2 is 2.30 bits per heavy atom. The molecule has 1 unspecified atom stereocenters. The maximum atomic E-state index is 11.6. The van der Waals surface area contributed by atoms with E-state index in [0.29, 0.717) is 6.42 Å². The van der Waals surface area contributed by atoms with Gasteiger partial charge < -0.3 is 13.9 Å². The first kappa shape index (κ1) is 13.4. The first-order valence-corrected chi connectivity index (χ1v) is 7.21. The van der Waals surface area contributed by atoms with Gasteiger partial charge in [0.2, 0.25) is 0 Å². The molecule has 1 aliphatic heterocycles. The van der Waals surface area contributed by atoms with Gasteiger partial charge in [0.25, 0.3) is 0 Å². The molecular formula is C13H15BrN4O2. The molecule has 106 valence electrons. The Balaban J connectivity index is 1.94. The van der Waals surface area contributed by atoms with Gasteiger partial charge in [0.15, 0.2) is 5.82 Å². The highest BCUT2D eigenvalue weighted by Crippen LogP contribution is 2.28. The van der Waals surface area contributed by atoms with Gasteiger partial charge in [-0.25, -0.2) is 0 Å². The van der Waals surface area contributed by atoms with Crippen molar-refractivity contribution in [1.82, 2.24) is 19.3 Å². The van der Waals surface area contributed by atoms with Gasteiger partial charge in [-0.15, -0.1) is 10.2 Å². The number of hydrogen-bond donors (Lipinski definition) is 0. The summed E-state index contributed by atoms with van der Waals surface area (Å²) in [6.07, 6.45) is 3.33. The summed E-state index contributed by atoms with van der Waals surface area (Å²) in [5.74, 6) is 1.42. The normalized spacial score (nSPS) is 17.9. The number of aromatic nitrogens is 4. The first-order valence-electron chi connectivity index (χ1n) is 6.42. The fraction of sp³-hybridized carbons (Fsp3) is 0.462. The van der Waals surface area contributed by atoms with Crippen LogP contribution in [-0.2, 0) is 29.5 Å². The number of hydrogen-bond acceptors (Lipinski definition) is 4. The van der Waals surface area contributed by atoms with Gasteiger partial charge in [0, 0.05) is 30.7 Å². The molecule has 0 N–H and O–H groups in total. The van der Waals surface area contributed by atoms with E-state index in [-0.39, 0.29) is 11.9 Å². The van der Waals surface area contributed by atoms with Gasteiger partial charge in [-0.2, -0.15) is 0 Å². The number of fused-ring (bicyclic) bond motifs is 1. The minimum absolute atomic E-state index is 0.107. The molecule has 2 aromatic heterocycles. The third kappa shape index (κ3) is 2.15. The molecule has 0 radical (unpaired) electrons. The number of halogens is 1. The van der Waals surface area contributed by atoms with E-state index in [0.717, 1.165) is 34.8 Å². The third-order valence-corrected chi connectivity index (χ3v) is 4.13. The van der Waals surface area contributed by atoms with Crippen LogP contribution in [-0.4, -0.2) is 32.4 Å². The van der Waals surface area contributed by atoms with E-state index in [9.17, 15) is 4.79 Å². The molecule has 2 aromatic rings. The molecule has 0 aromatic carbocycles. The monoisotopic (exact) mass is 338 g/mol. The summed E-state index contributed by atoms with van der Waals surface area (Å²) in [6.45, 7) is 0.736. The first-order chi connectivity index (χ1) is 9.60. The van der Waals surface area contributed by atoms with E-state index in [4.69, 9.17) is 4.74 Å². The summed E-state index contributed by atoms with van der Waals surface area (Å²) in [7, 11) is 3.40. The molecule has 3 rings (SSSR count). The summed E-state index contributed by atoms with van der Waals surface area (Å²) >= 11 is 3.46. The largest absolute Gasteiger partial charge is 0.469 e. The van der Waals surface area contributed by atoms with Crippen molar-refractivity contribution in [2.24, 2.45) is 13.0 Å². The topological polar surface area (TPSA) is 61.9 Å². The summed E-state index contributed by atoms with van der Waals surface area (Å²) in [6, 6.07) is 2.02. The lowest BCUT2D eigenvalue weighted by atomic mass is 9.98. The predicted octanol–water partition coefficient (Wildman–Crippen LogP) is 1.78. The average molecular weight is 339 g/mol. The molecule has 0 bridgehead atoms. The van der Waals surface area contributed by atoms with Gasteiger partial charge in [-0.1, -0.05) is 0 Å². The Labute approximate surface area is 124 Å². The maximum Gasteiger partial charge on any atom is 0.309 e. The van der Waals surface area contributed by atoms with Crippen molar-refractivity contribution in [3.63, 3.8) is 0 Å². The highest BCUT2D eigenvalue weighted by atomic mass is 79.9. The van der Waals surface area contributed by atoms with Gasteiger partial charge in [0.05, 0.1) is 18.7 Å². The van der Waals surface area contributed by atoms with Gasteiger partial charge in [-0.05, 0) is 28.4 Å². The van der Waals surface area contributed by atoms with E-state index >= 15 is 0 Å². The standard InChI is InChI=1S/C13H15BrN4O2/c1-17-7-9(14)6-10(17)12-16-15-11-5-8(13(19)20-2)3-4-18(11)12/h6-8H,3-5H2,1-2H3. The zero-order valence-corrected chi connectivity index (χ0v) is 12.9. The fourth-order valence-electron chi connectivity index (χ4n) is 2.63. The van der Waals surface area contributed by atoms with E-state index < -0.39 is 0 Å². The van der Waals surface area contributed by atoms with Gasteiger partial charge >= 0.3 is 5.97 Å². The quantitative estimate of drug-likeness (QED) is 0.783. The Hall–Kier alpha value is -1.63. The van der Waals surface area contributed by atoms with Crippen LogP contribution in [0.3, 0.4) is 0 Å². The minimum Gasteiger partial charge on any atom is -0.469 e. The highest BCUT2D eigenvalue weighted by Gasteiger charge is 2.29. The molecule has 7 heteroatoms. The number of methoxy groups -OCH3 is 1. The van der Waals surface area contributed by atoms with Crippen LogP contribution in [0.4, 0.5) is 0 Å². The molecule has 0 fully saturated rings. The molecule has 20 heavy (non-hydrogen) atoms. The zero-order chi connectivity index (χ0) is 14.3. The third-order valence-electron chi connectivity index (χ3n) is 3.69. The summed E-state index contributed by atoms with van der Waals surface area (Å²) in [4.78, 5) is 11.6. The fourth-order valence-corrected chi connectivity index (χ4v) is 3.16. The number of carbonyl (C=O) groups is 1. The molecule has 0 spiro atoms. The van der Waals surface area contributed by atoms with E-state index in [2.05, 4.69) is 30.7 Å². The summed E-state index contributed by atoms with van der Waals surface area (Å²) < 4.78 is 9.91. The predicted molar refractivity (Wildman–Crippen MR) is 76.0 cm³/mol. The van der Waals surface area contributed by atoms with Gasteiger partial charge in [-0.3, -0.25) is 4.79 Å². The van der Waals surface area contributed by atoms with Crippen LogP contribution in [0.15, 0.2) is 16.7 Å². The molecule has 1 atom stereocenters. The van der Waals surface area contributed by atoms with E-state index in [1.807, 2.05) is 23.9 Å². The SMILES string of the molecule is COC(=O)C1CCn2c(nnc2-c2cc(Br)cn2C)C1. The van der Waals surface area contributed by atoms with Crippen molar-refractivity contribution >= 4 is 21.9 Å². The number of rotatable bonds is 2. The molecule has 0 saturated carbocycles. The molecule has 0 amide bonds. The Morgan fingerprint density at radius 1 is 1.50 bits per heavy atom. The summed E-state index contributed by atoms with van der Waals surface area (Å²) in [5.41, 5.74) is 1.01. The number of ether oxygens (including phenoxy) is 1. The Kier molecular flexibility index (Phi) is 3.37. The van der Waals surface area contributed by atoms with E-state index in [1.165, 1.54) is 7.11 Å². The number of nitrogens with zero attached hydrogens (tertiary/aromatic N) is 4. The second-order valence-electron chi connectivity index (χ2n) is 4.96. The number of aryl methyl sites for hydroxylation is 1.